The maximum absolute atomic E-state index is 13.0. The molecule has 4 rings (SSSR count). The molecule has 2 heterocycles. The van der Waals surface area contributed by atoms with Crippen molar-refractivity contribution in [3.05, 3.63) is 69.6 Å². The van der Waals surface area contributed by atoms with Crippen LogP contribution in [0.3, 0.4) is 0 Å². The average Bonchev–Trinajstić information content (AvgIpc) is 3.00. The molecular formula is C23H20N2O4S. The van der Waals surface area contributed by atoms with E-state index in [0.29, 0.717) is 16.1 Å². The summed E-state index contributed by atoms with van der Waals surface area (Å²) in [4.78, 5) is 26.3. The molecule has 30 heavy (non-hydrogen) atoms. The second-order valence-electron chi connectivity index (χ2n) is 6.85. The van der Waals surface area contributed by atoms with E-state index in [1.807, 2.05) is 44.2 Å². The molecule has 0 aliphatic heterocycles. The molecule has 0 radical (unpaired) electrons. The quantitative estimate of drug-likeness (QED) is 0.352. The van der Waals surface area contributed by atoms with Gasteiger partial charge in [0.05, 0.1) is 12.2 Å². The van der Waals surface area contributed by atoms with E-state index in [1.165, 1.54) is 11.3 Å². The van der Waals surface area contributed by atoms with Crippen LogP contribution < -0.4 is 10.9 Å². The lowest BCUT2D eigenvalue weighted by atomic mass is 10.0. The first-order valence-electron chi connectivity index (χ1n) is 9.49. The second kappa shape index (κ2) is 7.76. The van der Waals surface area contributed by atoms with Crippen molar-refractivity contribution in [2.45, 2.75) is 20.8 Å². The number of carbonyl (C=O) groups excluding carboxylic acids is 2. The van der Waals surface area contributed by atoms with Crippen molar-refractivity contribution in [1.29, 1.82) is 5.41 Å². The number of hydrogen-bond acceptors (Lipinski definition) is 6. The lowest BCUT2D eigenvalue weighted by molar-refractivity contribution is 0.0527. The monoisotopic (exact) mass is 420 g/mol. The molecule has 0 saturated carbocycles. The molecule has 0 fully saturated rings. The van der Waals surface area contributed by atoms with E-state index in [-0.39, 0.29) is 17.7 Å². The third kappa shape index (κ3) is 3.37. The van der Waals surface area contributed by atoms with E-state index in [9.17, 15) is 9.59 Å². The number of amides is 1. The highest BCUT2D eigenvalue weighted by atomic mass is 32.1. The van der Waals surface area contributed by atoms with Crippen molar-refractivity contribution in [1.82, 2.24) is 0 Å². The van der Waals surface area contributed by atoms with Crippen molar-refractivity contribution in [3.8, 4) is 0 Å². The Balaban J connectivity index is 1.79. The third-order valence-electron chi connectivity index (χ3n) is 5.01. The van der Waals surface area contributed by atoms with Gasteiger partial charge < -0.3 is 14.5 Å². The fraction of sp³-hybridized carbons (Fsp3) is 0.174. The summed E-state index contributed by atoms with van der Waals surface area (Å²) in [5, 5.41) is 14.1. The SMILES string of the molecule is CCOC(=O)c1c(NC(=O)c2cc3c(ccc4ccccc43)oc2=N)sc(C)c1C. The highest BCUT2D eigenvalue weighted by Crippen LogP contribution is 2.33. The number of hydrogen-bond donors (Lipinski definition) is 2. The molecule has 0 saturated heterocycles. The number of fused-ring (bicyclic) bond motifs is 3. The Morgan fingerprint density at radius 3 is 2.67 bits per heavy atom. The summed E-state index contributed by atoms with van der Waals surface area (Å²) in [6, 6.07) is 13.2. The van der Waals surface area contributed by atoms with Gasteiger partial charge in [0.1, 0.15) is 16.1 Å². The first-order valence-corrected chi connectivity index (χ1v) is 10.3. The van der Waals surface area contributed by atoms with E-state index in [0.717, 1.165) is 26.6 Å². The highest BCUT2D eigenvalue weighted by Gasteiger charge is 2.23. The molecule has 152 valence electrons. The molecule has 0 aliphatic carbocycles. The molecule has 0 unspecified atom stereocenters. The smallest absolute Gasteiger partial charge is 0.341 e. The van der Waals surface area contributed by atoms with E-state index in [4.69, 9.17) is 14.6 Å². The predicted molar refractivity (Wildman–Crippen MR) is 117 cm³/mol. The van der Waals surface area contributed by atoms with Crippen LogP contribution in [0.2, 0.25) is 0 Å². The highest BCUT2D eigenvalue weighted by molar-refractivity contribution is 7.16. The van der Waals surface area contributed by atoms with E-state index in [2.05, 4.69) is 5.32 Å². The number of thiophene rings is 1. The first kappa shape index (κ1) is 19.8. The summed E-state index contributed by atoms with van der Waals surface area (Å²) < 4.78 is 10.8. The Bertz CT molecular complexity index is 1370. The summed E-state index contributed by atoms with van der Waals surface area (Å²) in [7, 11) is 0. The van der Waals surface area contributed by atoms with Gasteiger partial charge in [-0.15, -0.1) is 11.3 Å². The minimum Gasteiger partial charge on any atom is -0.462 e. The minimum atomic E-state index is -0.509. The van der Waals surface area contributed by atoms with Crippen LogP contribution in [0, 0.1) is 19.3 Å². The zero-order chi connectivity index (χ0) is 21.4. The Morgan fingerprint density at radius 2 is 1.90 bits per heavy atom. The molecule has 7 heteroatoms. The molecule has 0 bridgehead atoms. The molecule has 0 aliphatic rings. The fourth-order valence-corrected chi connectivity index (χ4v) is 4.44. The van der Waals surface area contributed by atoms with Crippen LogP contribution in [0.25, 0.3) is 21.7 Å². The number of rotatable bonds is 4. The van der Waals surface area contributed by atoms with Crippen molar-refractivity contribution in [2.75, 3.05) is 11.9 Å². The van der Waals surface area contributed by atoms with Crippen LogP contribution in [0.5, 0.6) is 0 Å². The third-order valence-corrected chi connectivity index (χ3v) is 6.14. The van der Waals surface area contributed by atoms with Gasteiger partial charge in [-0.25, -0.2) is 4.79 Å². The molecule has 2 N–H and O–H groups in total. The van der Waals surface area contributed by atoms with Gasteiger partial charge in [-0.1, -0.05) is 30.3 Å². The second-order valence-corrected chi connectivity index (χ2v) is 8.07. The topological polar surface area (TPSA) is 92.4 Å². The summed E-state index contributed by atoms with van der Waals surface area (Å²) in [6.45, 7) is 5.68. The van der Waals surface area contributed by atoms with E-state index < -0.39 is 11.9 Å². The lowest BCUT2D eigenvalue weighted by Crippen LogP contribution is -2.21. The summed E-state index contributed by atoms with van der Waals surface area (Å²) in [5.41, 5.74) is 1.51. The van der Waals surface area contributed by atoms with Crippen molar-refractivity contribution in [3.63, 3.8) is 0 Å². The largest absolute Gasteiger partial charge is 0.462 e. The molecule has 0 atom stereocenters. The molecular weight excluding hydrogens is 400 g/mol. The number of benzene rings is 2. The zero-order valence-corrected chi connectivity index (χ0v) is 17.6. The van der Waals surface area contributed by atoms with Crippen LogP contribution in [-0.2, 0) is 4.74 Å². The Morgan fingerprint density at radius 1 is 1.13 bits per heavy atom. The van der Waals surface area contributed by atoms with Gasteiger partial charge in [0.2, 0.25) is 5.55 Å². The molecule has 2 aromatic carbocycles. The van der Waals surface area contributed by atoms with Gasteiger partial charge in [-0.3, -0.25) is 10.2 Å². The number of esters is 1. The summed E-state index contributed by atoms with van der Waals surface area (Å²) in [6.07, 6.45) is 0. The summed E-state index contributed by atoms with van der Waals surface area (Å²) >= 11 is 1.31. The van der Waals surface area contributed by atoms with Crippen LogP contribution >= 0.6 is 11.3 Å². The molecule has 6 nitrogen and oxygen atoms in total. The van der Waals surface area contributed by atoms with Gasteiger partial charge in [0.25, 0.3) is 5.91 Å². The number of anilines is 1. The van der Waals surface area contributed by atoms with Gasteiger partial charge >= 0.3 is 5.97 Å². The maximum atomic E-state index is 13.0. The number of nitrogens with one attached hydrogen (secondary N) is 2. The van der Waals surface area contributed by atoms with Gasteiger partial charge in [0, 0.05) is 10.3 Å². The van der Waals surface area contributed by atoms with Crippen LogP contribution in [0.1, 0.15) is 38.1 Å². The summed E-state index contributed by atoms with van der Waals surface area (Å²) in [5.74, 6) is -0.986. The predicted octanol–water partition coefficient (Wildman–Crippen LogP) is 5.17. The number of aryl methyl sites for hydroxylation is 1. The van der Waals surface area contributed by atoms with Crippen LogP contribution in [0.15, 0.2) is 46.9 Å². The van der Waals surface area contributed by atoms with Gasteiger partial charge in [-0.05, 0) is 49.2 Å². The zero-order valence-electron chi connectivity index (χ0n) is 16.8. The van der Waals surface area contributed by atoms with E-state index >= 15 is 0 Å². The lowest BCUT2D eigenvalue weighted by Gasteiger charge is -2.09. The Kier molecular flexibility index (Phi) is 5.13. The van der Waals surface area contributed by atoms with Crippen LogP contribution in [0.4, 0.5) is 5.00 Å². The minimum absolute atomic E-state index is 0.0948. The number of carbonyl (C=O) groups is 2. The molecule has 4 aromatic rings. The molecule has 1 amide bonds. The molecule has 2 aromatic heterocycles. The normalized spacial score (nSPS) is 11.0. The average molecular weight is 420 g/mol. The Hall–Kier alpha value is -3.45. The standard InChI is InChI=1S/C23H20N2O4S/c1-4-28-23(27)19-12(2)13(3)30-22(19)25-21(26)17-11-16-15-8-6-5-7-14(15)9-10-18(16)29-20(17)24/h5-11,24H,4H2,1-3H3,(H,25,26). The van der Waals surface area contributed by atoms with Crippen molar-refractivity contribution >= 4 is 50.0 Å². The van der Waals surface area contributed by atoms with Gasteiger partial charge in [0.15, 0.2) is 0 Å². The van der Waals surface area contributed by atoms with Crippen LogP contribution in [-0.4, -0.2) is 18.5 Å². The first-order chi connectivity index (χ1) is 14.4. The van der Waals surface area contributed by atoms with Gasteiger partial charge in [-0.2, -0.15) is 0 Å². The number of ether oxygens (including phenoxy) is 1. The van der Waals surface area contributed by atoms with Crippen molar-refractivity contribution in [2.24, 2.45) is 0 Å². The molecule has 0 spiro atoms. The Labute approximate surface area is 176 Å². The fourth-order valence-electron chi connectivity index (χ4n) is 3.39. The van der Waals surface area contributed by atoms with Crippen molar-refractivity contribution < 1.29 is 18.7 Å². The maximum Gasteiger partial charge on any atom is 0.341 e. The van der Waals surface area contributed by atoms with E-state index in [1.54, 1.807) is 19.1 Å².